The first-order valence-corrected chi connectivity index (χ1v) is 9.60. The van der Waals surface area contributed by atoms with Crippen LogP contribution in [0.25, 0.3) is 11.1 Å². The van der Waals surface area contributed by atoms with Crippen LogP contribution in [-0.2, 0) is 10.0 Å². The third kappa shape index (κ3) is 2.93. The predicted octanol–water partition coefficient (Wildman–Crippen LogP) is 3.19. The predicted molar refractivity (Wildman–Crippen MR) is 99.2 cm³/mol. The second kappa shape index (κ2) is 6.72. The van der Waals surface area contributed by atoms with E-state index in [1.165, 1.54) is 4.31 Å². The summed E-state index contributed by atoms with van der Waals surface area (Å²) in [6, 6.07) is 12.0. The van der Waals surface area contributed by atoms with Crippen LogP contribution in [0.2, 0.25) is 0 Å². The number of fused-ring (bicyclic) bond motifs is 3. The van der Waals surface area contributed by atoms with Gasteiger partial charge in [0, 0.05) is 23.2 Å². The largest absolute Gasteiger partial charge is 0.352 e. The molecule has 0 aromatic heterocycles. The van der Waals surface area contributed by atoms with Crippen LogP contribution in [0.3, 0.4) is 0 Å². The van der Waals surface area contributed by atoms with E-state index in [0.29, 0.717) is 23.4 Å². The van der Waals surface area contributed by atoms with Gasteiger partial charge in [-0.25, -0.2) is 8.42 Å². The summed E-state index contributed by atoms with van der Waals surface area (Å²) in [5.74, 6) is -0.161. The van der Waals surface area contributed by atoms with Crippen molar-refractivity contribution in [2.45, 2.75) is 18.2 Å². The van der Waals surface area contributed by atoms with E-state index in [-0.39, 0.29) is 17.3 Å². The molecule has 6 heteroatoms. The van der Waals surface area contributed by atoms with Gasteiger partial charge >= 0.3 is 0 Å². The number of nitrogens with zero attached hydrogens (tertiary/aromatic N) is 1. The van der Waals surface area contributed by atoms with Gasteiger partial charge in [0.25, 0.3) is 15.9 Å². The summed E-state index contributed by atoms with van der Waals surface area (Å²) in [6.07, 6.45) is 2.40. The zero-order valence-corrected chi connectivity index (χ0v) is 14.8. The molecule has 25 heavy (non-hydrogen) atoms. The normalized spacial score (nSPS) is 14.4. The van der Waals surface area contributed by atoms with Gasteiger partial charge in [-0.2, -0.15) is 0 Å². The number of anilines is 1. The number of sulfonamides is 1. The summed E-state index contributed by atoms with van der Waals surface area (Å²) in [5.41, 5.74) is 2.42. The summed E-state index contributed by atoms with van der Waals surface area (Å²) in [4.78, 5) is 12.5. The highest BCUT2D eigenvalue weighted by Gasteiger charge is 2.34. The van der Waals surface area contributed by atoms with Gasteiger partial charge in [-0.15, -0.1) is 6.58 Å². The minimum absolute atomic E-state index is 0.161. The van der Waals surface area contributed by atoms with Gasteiger partial charge in [0.05, 0.1) is 17.1 Å². The summed E-state index contributed by atoms with van der Waals surface area (Å²) in [7, 11) is -3.64. The summed E-state index contributed by atoms with van der Waals surface area (Å²) in [6.45, 7) is 6.42. The maximum Gasteiger partial charge on any atom is 0.265 e. The lowest BCUT2D eigenvalue weighted by atomic mass is 10.00. The van der Waals surface area contributed by atoms with Crippen molar-refractivity contribution in [3.05, 3.63) is 60.7 Å². The highest BCUT2D eigenvalue weighted by molar-refractivity contribution is 7.93. The highest BCUT2D eigenvalue weighted by Crippen LogP contribution is 2.43. The van der Waals surface area contributed by atoms with Crippen LogP contribution in [0.1, 0.15) is 23.7 Å². The molecule has 130 valence electrons. The minimum Gasteiger partial charge on any atom is -0.352 e. The minimum atomic E-state index is -3.64. The number of hydrogen-bond acceptors (Lipinski definition) is 3. The van der Waals surface area contributed by atoms with Crippen LogP contribution in [0, 0.1) is 0 Å². The molecule has 2 aromatic rings. The molecule has 2 aromatic carbocycles. The van der Waals surface area contributed by atoms with Crippen LogP contribution >= 0.6 is 0 Å². The first-order valence-electron chi connectivity index (χ1n) is 8.16. The molecule has 0 aliphatic carbocycles. The average molecular weight is 356 g/mol. The van der Waals surface area contributed by atoms with E-state index in [0.717, 1.165) is 12.0 Å². The van der Waals surface area contributed by atoms with Gasteiger partial charge in [-0.3, -0.25) is 9.10 Å². The topological polar surface area (TPSA) is 66.5 Å². The zero-order chi connectivity index (χ0) is 18.0. The van der Waals surface area contributed by atoms with Crippen molar-refractivity contribution in [1.82, 2.24) is 5.32 Å². The van der Waals surface area contributed by atoms with Gasteiger partial charge in [-0.05, 0) is 30.7 Å². The molecule has 1 amide bonds. The SMILES string of the molecule is C=CCN1c2ccc(C(=O)NCCC)cc2-c2ccccc2S1(=O)=O. The highest BCUT2D eigenvalue weighted by atomic mass is 32.2. The number of amides is 1. The molecule has 3 rings (SSSR count). The second-order valence-electron chi connectivity index (χ2n) is 5.81. The lowest BCUT2D eigenvalue weighted by Crippen LogP contribution is -2.34. The van der Waals surface area contributed by atoms with E-state index in [9.17, 15) is 13.2 Å². The smallest absolute Gasteiger partial charge is 0.265 e. The summed E-state index contributed by atoms with van der Waals surface area (Å²) in [5, 5.41) is 2.85. The molecule has 0 saturated heterocycles. The Labute approximate surface area is 148 Å². The van der Waals surface area contributed by atoms with Crippen molar-refractivity contribution in [2.75, 3.05) is 17.4 Å². The molecule has 1 heterocycles. The molecule has 0 radical (unpaired) electrons. The fourth-order valence-corrected chi connectivity index (χ4v) is 4.59. The van der Waals surface area contributed by atoms with Crippen molar-refractivity contribution < 1.29 is 13.2 Å². The van der Waals surface area contributed by atoms with E-state index in [4.69, 9.17) is 0 Å². The Morgan fingerprint density at radius 1 is 1.20 bits per heavy atom. The van der Waals surface area contributed by atoms with Crippen LogP contribution < -0.4 is 9.62 Å². The van der Waals surface area contributed by atoms with Crippen molar-refractivity contribution in [3.8, 4) is 11.1 Å². The standard InChI is InChI=1S/C19H20N2O3S/c1-3-11-20-19(22)14-9-10-17-16(13-14)15-7-5-6-8-18(15)25(23,24)21(17)12-4-2/h4-10,13H,2-3,11-12H2,1H3,(H,20,22). The van der Waals surface area contributed by atoms with Crippen molar-refractivity contribution in [3.63, 3.8) is 0 Å². The monoisotopic (exact) mass is 356 g/mol. The Balaban J connectivity index is 2.18. The molecule has 5 nitrogen and oxygen atoms in total. The number of rotatable bonds is 5. The number of nitrogens with one attached hydrogen (secondary N) is 1. The van der Waals surface area contributed by atoms with E-state index >= 15 is 0 Å². The maximum absolute atomic E-state index is 12.9. The van der Waals surface area contributed by atoms with Gasteiger partial charge in [-0.1, -0.05) is 31.2 Å². The zero-order valence-electron chi connectivity index (χ0n) is 14.0. The summed E-state index contributed by atoms with van der Waals surface area (Å²) >= 11 is 0. The van der Waals surface area contributed by atoms with Crippen LogP contribution in [-0.4, -0.2) is 27.4 Å². The van der Waals surface area contributed by atoms with Crippen molar-refractivity contribution in [1.29, 1.82) is 0 Å². The second-order valence-corrected chi connectivity index (χ2v) is 7.64. The average Bonchev–Trinajstić information content (AvgIpc) is 2.63. The number of hydrogen-bond donors (Lipinski definition) is 1. The number of carbonyl (C=O) groups excluding carboxylic acids is 1. The molecule has 1 aliphatic rings. The molecule has 0 saturated carbocycles. The molecule has 0 fully saturated rings. The van der Waals surface area contributed by atoms with Gasteiger partial charge in [0.15, 0.2) is 0 Å². The lowest BCUT2D eigenvalue weighted by Gasteiger charge is -2.31. The molecular formula is C19H20N2O3S. The van der Waals surface area contributed by atoms with Crippen LogP contribution in [0.5, 0.6) is 0 Å². The first-order chi connectivity index (χ1) is 12.0. The molecule has 0 spiro atoms. The lowest BCUT2D eigenvalue weighted by molar-refractivity contribution is 0.0953. The molecule has 1 N–H and O–H groups in total. The van der Waals surface area contributed by atoms with E-state index in [1.54, 1.807) is 48.5 Å². The molecule has 1 aliphatic heterocycles. The fourth-order valence-electron chi connectivity index (χ4n) is 2.93. The van der Waals surface area contributed by atoms with Gasteiger partial charge in [0.2, 0.25) is 0 Å². The third-order valence-electron chi connectivity index (χ3n) is 4.10. The van der Waals surface area contributed by atoms with Crippen molar-refractivity contribution in [2.24, 2.45) is 0 Å². The molecule has 0 bridgehead atoms. The number of benzene rings is 2. The van der Waals surface area contributed by atoms with Crippen LogP contribution in [0.15, 0.2) is 60.0 Å². The Bertz CT molecular complexity index is 935. The van der Waals surface area contributed by atoms with E-state index < -0.39 is 10.0 Å². The third-order valence-corrected chi connectivity index (χ3v) is 5.94. The van der Waals surface area contributed by atoms with E-state index in [1.807, 2.05) is 6.92 Å². The number of carbonyl (C=O) groups is 1. The maximum atomic E-state index is 12.9. The van der Waals surface area contributed by atoms with Gasteiger partial charge in [0.1, 0.15) is 0 Å². The van der Waals surface area contributed by atoms with E-state index in [2.05, 4.69) is 11.9 Å². The Hall–Kier alpha value is -2.60. The Morgan fingerprint density at radius 3 is 2.68 bits per heavy atom. The molecule has 0 unspecified atom stereocenters. The Morgan fingerprint density at radius 2 is 1.96 bits per heavy atom. The van der Waals surface area contributed by atoms with Crippen LogP contribution in [0.4, 0.5) is 5.69 Å². The first kappa shape index (κ1) is 17.2. The summed E-state index contributed by atoms with van der Waals surface area (Å²) < 4.78 is 27.2. The molecular weight excluding hydrogens is 336 g/mol. The fraction of sp³-hybridized carbons (Fsp3) is 0.211. The molecule has 0 atom stereocenters. The van der Waals surface area contributed by atoms with Crippen molar-refractivity contribution >= 4 is 21.6 Å². The Kier molecular flexibility index (Phi) is 4.63. The van der Waals surface area contributed by atoms with Gasteiger partial charge < -0.3 is 5.32 Å². The quantitative estimate of drug-likeness (QED) is 0.837.